The molecule has 2 N–H and O–H groups in total. The monoisotopic (exact) mass is 365 g/mol. The van der Waals surface area contributed by atoms with E-state index in [1.807, 2.05) is 26.0 Å². The fourth-order valence-corrected chi connectivity index (χ4v) is 2.88. The van der Waals surface area contributed by atoms with Crippen LogP contribution in [0.15, 0.2) is 58.7 Å². The number of nitrogens with one attached hydrogen (secondary N) is 1. The number of furan rings is 1. The quantitative estimate of drug-likeness (QED) is 0.550. The van der Waals surface area contributed by atoms with Crippen molar-refractivity contribution in [2.75, 3.05) is 5.32 Å². The number of halogens is 1. The molecule has 0 spiro atoms. The Bertz CT molecular complexity index is 1020. The van der Waals surface area contributed by atoms with Crippen LogP contribution >= 0.6 is 0 Å². The molecular weight excluding hydrogens is 345 g/mol. The smallest absolute Gasteiger partial charge is 0.331 e. The highest BCUT2D eigenvalue weighted by atomic mass is 19.1. The van der Waals surface area contributed by atoms with Crippen LogP contribution in [0.1, 0.15) is 23.6 Å². The van der Waals surface area contributed by atoms with E-state index in [4.69, 9.17) is 9.52 Å². The van der Waals surface area contributed by atoms with Crippen LogP contribution in [0.5, 0.6) is 0 Å². The number of hydrogen-bond donors (Lipinski definition) is 2. The Labute approximate surface area is 157 Å². The summed E-state index contributed by atoms with van der Waals surface area (Å²) in [5.74, 6) is -0.764. The van der Waals surface area contributed by atoms with Crippen LogP contribution in [-0.2, 0) is 4.79 Å². The van der Waals surface area contributed by atoms with E-state index in [2.05, 4.69) is 5.32 Å². The van der Waals surface area contributed by atoms with Gasteiger partial charge in [-0.3, -0.25) is 0 Å². The molecule has 0 unspecified atom stereocenters. The van der Waals surface area contributed by atoms with E-state index in [0.29, 0.717) is 17.1 Å². The van der Waals surface area contributed by atoms with Gasteiger partial charge in [-0.1, -0.05) is 12.1 Å². The molecule has 2 aromatic carbocycles. The molecule has 0 aliphatic carbocycles. The van der Waals surface area contributed by atoms with Gasteiger partial charge in [-0.25, -0.2) is 9.18 Å². The molecule has 1 heterocycles. The molecule has 138 valence electrons. The average Bonchev–Trinajstić information content (AvgIpc) is 3.11. The maximum Gasteiger partial charge on any atom is 0.331 e. The van der Waals surface area contributed by atoms with Crippen LogP contribution < -0.4 is 5.32 Å². The van der Waals surface area contributed by atoms with Gasteiger partial charge in [-0.05, 0) is 73.4 Å². The normalized spacial score (nSPS) is 11.5. The van der Waals surface area contributed by atoms with Crippen LogP contribution in [0.2, 0.25) is 0 Å². The van der Waals surface area contributed by atoms with E-state index in [-0.39, 0.29) is 11.4 Å². The van der Waals surface area contributed by atoms with Gasteiger partial charge in [0.2, 0.25) is 0 Å². The summed E-state index contributed by atoms with van der Waals surface area (Å²) in [4.78, 5) is 11.0. The molecule has 0 aliphatic rings. The molecule has 0 aliphatic heterocycles. The first-order valence-corrected chi connectivity index (χ1v) is 8.48. The maximum absolute atomic E-state index is 14.7. The summed E-state index contributed by atoms with van der Waals surface area (Å²) < 4.78 is 19.9. The number of anilines is 2. The van der Waals surface area contributed by atoms with Gasteiger partial charge in [0.25, 0.3) is 0 Å². The molecule has 0 saturated heterocycles. The number of rotatable bonds is 5. The Hall–Kier alpha value is -3.34. The highest BCUT2D eigenvalue weighted by Crippen LogP contribution is 2.31. The molecule has 0 bridgehead atoms. The van der Waals surface area contributed by atoms with Crippen molar-refractivity contribution in [2.24, 2.45) is 0 Å². The number of aryl methyl sites for hydroxylation is 2. The van der Waals surface area contributed by atoms with Gasteiger partial charge >= 0.3 is 5.97 Å². The van der Waals surface area contributed by atoms with Gasteiger partial charge in [0.05, 0.1) is 6.26 Å². The van der Waals surface area contributed by atoms with Crippen molar-refractivity contribution in [1.29, 1.82) is 0 Å². The zero-order valence-electron chi connectivity index (χ0n) is 15.3. The number of benzene rings is 2. The third-order valence-corrected chi connectivity index (χ3v) is 4.37. The maximum atomic E-state index is 14.7. The van der Waals surface area contributed by atoms with E-state index < -0.39 is 5.97 Å². The Kier molecular flexibility index (Phi) is 5.12. The van der Waals surface area contributed by atoms with E-state index in [0.717, 1.165) is 22.3 Å². The highest BCUT2D eigenvalue weighted by Gasteiger charge is 2.12. The summed E-state index contributed by atoms with van der Waals surface area (Å²) in [6, 6.07) is 12.2. The van der Waals surface area contributed by atoms with Crippen molar-refractivity contribution >= 4 is 23.6 Å². The number of carboxylic acids is 1. The lowest BCUT2D eigenvalue weighted by Crippen LogP contribution is -1.97. The van der Waals surface area contributed by atoms with Gasteiger partial charge in [-0.2, -0.15) is 0 Å². The topological polar surface area (TPSA) is 62.5 Å². The van der Waals surface area contributed by atoms with Crippen LogP contribution in [0.25, 0.3) is 17.2 Å². The molecule has 3 aromatic rings. The molecular formula is C22H20FNO3. The predicted octanol–water partition coefficient (Wildman–Crippen LogP) is 5.93. The zero-order chi connectivity index (χ0) is 19.6. The summed E-state index contributed by atoms with van der Waals surface area (Å²) in [7, 11) is 0. The molecule has 5 heteroatoms. The van der Waals surface area contributed by atoms with Gasteiger partial charge in [0.1, 0.15) is 5.82 Å². The molecule has 4 nitrogen and oxygen atoms in total. The lowest BCUT2D eigenvalue weighted by Gasteiger charge is -2.13. The lowest BCUT2D eigenvalue weighted by atomic mass is 9.93. The molecule has 0 saturated carbocycles. The molecule has 0 amide bonds. The van der Waals surface area contributed by atoms with Crippen LogP contribution in [0.3, 0.4) is 0 Å². The highest BCUT2D eigenvalue weighted by molar-refractivity contribution is 5.92. The Morgan fingerprint density at radius 1 is 1.11 bits per heavy atom. The zero-order valence-corrected chi connectivity index (χ0v) is 15.3. The molecule has 1 aromatic heterocycles. The number of aliphatic carboxylic acids is 1. The van der Waals surface area contributed by atoms with Gasteiger partial charge < -0.3 is 14.8 Å². The minimum absolute atomic E-state index is 0.254. The van der Waals surface area contributed by atoms with E-state index >= 15 is 0 Å². The Morgan fingerprint density at radius 3 is 2.52 bits per heavy atom. The molecule has 3 rings (SSSR count). The van der Waals surface area contributed by atoms with Crippen LogP contribution in [0.4, 0.5) is 16.0 Å². The fourth-order valence-electron chi connectivity index (χ4n) is 2.88. The molecule has 0 fully saturated rings. The molecule has 0 radical (unpaired) electrons. The van der Waals surface area contributed by atoms with Crippen LogP contribution in [-0.4, -0.2) is 11.1 Å². The summed E-state index contributed by atoms with van der Waals surface area (Å²) in [6.07, 6.45) is 3.17. The average molecular weight is 365 g/mol. The van der Waals surface area contributed by atoms with Gasteiger partial charge in [-0.15, -0.1) is 0 Å². The Morgan fingerprint density at radius 2 is 1.89 bits per heavy atom. The standard InChI is InChI=1S/C22H20FNO3/c1-13-11-19(14(2)9-16(13)10-15(3)22(25)26)18-7-6-17(12-20(18)23)24-21-5-4-8-27-21/h4-12,24H,1-3H3,(H,25,26). The molecule has 27 heavy (non-hydrogen) atoms. The SMILES string of the molecule is CC(=Cc1cc(C)c(-c2ccc(Nc3ccco3)cc2F)cc1C)C(=O)O. The minimum Gasteiger partial charge on any atom is -0.478 e. The largest absolute Gasteiger partial charge is 0.478 e. The number of hydrogen-bond acceptors (Lipinski definition) is 3. The summed E-state index contributed by atoms with van der Waals surface area (Å²) in [5.41, 5.74) is 4.68. The van der Waals surface area contributed by atoms with Crippen molar-refractivity contribution in [2.45, 2.75) is 20.8 Å². The first kappa shape index (κ1) is 18.5. The van der Waals surface area contributed by atoms with E-state index in [1.54, 1.807) is 43.5 Å². The third kappa shape index (κ3) is 4.08. The van der Waals surface area contributed by atoms with Gasteiger partial charge in [0.15, 0.2) is 5.88 Å². The first-order chi connectivity index (χ1) is 12.8. The summed E-state index contributed by atoms with van der Waals surface area (Å²) >= 11 is 0. The molecule has 0 atom stereocenters. The van der Waals surface area contributed by atoms with Crippen molar-refractivity contribution < 1.29 is 18.7 Å². The van der Waals surface area contributed by atoms with Crippen molar-refractivity contribution in [3.05, 3.63) is 76.8 Å². The van der Waals surface area contributed by atoms with Gasteiger partial charge in [0, 0.05) is 22.9 Å². The van der Waals surface area contributed by atoms with Crippen molar-refractivity contribution in [3.8, 4) is 11.1 Å². The van der Waals surface area contributed by atoms with Crippen molar-refractivity contribution in [1.82, 2.24) is 0 Å². The van der Waals surface area contributed by atoms with E-state index in [1.165, 1.54) is 6.07 Å². The minimum atomic E-state index is -0.957. The second-order valence-electron chi connectivity index (χ2n) is 6.45. The summed E-state index contributed by atoms with van der Waals surface area (Å²) in [5, 5.41) is 12.1. The Balaban J connectivity index is 1.95. The second-order valence-corrected chi connectivity index (χ2v) is 6.45. The second kappa shape index (κ2) is 7.50. The lowest BCUT2D eigenvalue weighted by molar-refractivity contribution is -0.132. The van der Waals surface area contributed by atoms with E-state index in [9.17, 15) is 9.18 Å². The third-order valence-electron chi connectivity index (χ3n) is 4.37. The fraction of sp³-hybridized carbons (Fsp3) is 0.136. The number of carboxylic acid groups (broad SMARTS) is 1. The van der Waals surface area contributed by atoms with Crippen molar-refractivity contribution in [3.63, 3.8) is 0 Å². The first-order valence-electron chi connectivity index (χ1n) is 8.48. The predicted molar refractivity (Wildman–Crippen MR) is 105 cm³/mol. The number of carbonyl (C=O) groups is 1. The summed E-state index contributed by atoms with van der Waals surface area (Å²) in [6.45, 7) is 5.32. The van der Waals surface area contributed by atoms with Crippen LogP contribution in [0, 0.1) is 19.7 Å².